The van der Waals surface area contributed by atoms with Crippen LogP contribution in [0.2, 0.25) is 0 Å². The fourth-order valence-corrected chi connectivity index (χ4v) is 3.24. The zero-order valence-electron chi connectivity index (χ0n) is 11.7. The van der Waals surface area contributed by atoms with Crippen LogP contribution in [0.4, 0.5) is 0 Å². The summed E-state index contributed by atoms with van der Waals surface area (Å²) < 4.78 is 23.3. The Hall–Kier alpha value is -0.870. The van der Waals surface area contributed by atoms with Gasteiger partial charge in [-0.05, 0) is 49.4 Å². The molecule has 1 aliphatic rings. The predicted molar refractivity (Wildman–Crippen MR) is 77.9 cm³/mol. The van der Waals surface area contributed by atoms with E-state index in [1.165, 1.54) is 25.5 Å². The third-order valence-corrected chi connectivity index (χ3v) is 4.99. The van der Waals surface area contributed by atoms with Crippen molar-refractivity contribution in [2.24, 2.45) is 5.92 Å². The average molecular weight is 281 g/mol. The maximum Gasteiger partial charge on any atom is 0.175 e. The molecule has 4 heteroatoms. The van der Waals surface area contributed by atoms with E-state index in [2.05, 4.69) is 12.2 Å². The quantitative estimate of drug-likeness (QED) is 0.872. The summed E-state index contributed by atoms with van der Waals surface area (Å²) in [7, 11) is -3.12. The lowest BCUT2D eigenvalue weighted by Gasteiger charge is -2.35. The topological polar surface area (TPSA) is 46.2 Å². The molecule has 0 amide bonds. The van der Waals surface area contributed by atoms with Gasteiger partial charge >= 0.3 is 0 Å². The lowest BCUT2D eigenvalue weighted by molar-refractivity contribution is 0.231. The van der Waals surface area contributed by atoms with Gasteiger partial charge in [0.05, 0.1) is 4.90 Å². The molecule has 106 valence electrons. The van der Waals surface area contributed by atoms with Crippen LogP contribution in [0.3, 0.4) is 0 Å². The van der Waals surface area contributed by atoms with Crippen LogP contribution in [0.25, 0.3) is 0 Å². The van der Waals surface area contributed by atoms with Gasteiger partial charge in [0.25, 0.3) is 0 Å². The Morgan fingerprint density at radius 1 is 1.37 bits per heavy atom. The number of rotatable bonds is 6. The number of benzene rings is 1. The van der Waals surface area contributed by atoms with E-state index >= 15 is 0 Å². The maximum absolute atomic E-state index is 11.7. The van der Waals surface area contributed by atoms with Gasteiger partial charge in [-0.25, -0.2) is 8.42 Å². The highest BCUT2D eigenvalue weighted by Crippen LogP contribution is 2.38. The Balaban J connectivity index is 2.25. The summed E-state index contributed by atoms with van der Waals surface area (Å²) in [5, 5.41) is 3.57. The largest absolute Gasteiger partial charge is 0.310 e. The van der Waals surface area contributed by atoms with Crippen LogP contribution in [0.15, 0.2) is 29.2 Å². The first-order chi connectivity index (χ1) is 9.02. The van der Waals surface area contributed by atoms with Crippen LogP contribution < -0.4 is 5.32 Å². The van der Waals surface area contributed by atoms with E-state index < -0.39 is 9.84 Å². The first kappa shape index (κ1) is 14.5. The maximum atomic E-state index is 11.7. The Morgan fingerprint density at radius 2 is 2.11 bits per heavy atom. The molecule has 1 atom stereocenters. The van der Waals surface area contributed by atoms with E-state index in [1.54, 1.807) is 6.07 Å². The van der Waals surface area contributed by atoms with Gasteiger partial charge in [0.15, 0.2) is 9.84 Å². The van der Waals surface area contributed by atoms with Gasteiger partial charge in [0, 0.05) is 12.3 Å². The summed E-state index contributed by atoms with van der Waals surface area (Å²) >= 11 is 0. The lowest BCUT2D eigenvalue weighted by Crippen LogP contribution is -2.32. The molecule has 0 spiro atoms. The normalized spacial score (nSPS) is 18.0. The minimum Gasteiger partial charge on any atom is -0.310 e. The third-order valence-electron chi connectivity index (χ3n) is 3.88. The zero-order valence-corrected chi connectivity index (χ0v) is 12.5. The number of hydrogen-bond donors (Lipinski definition) is 1. The van der Waals surface area contributed by atoms with Gasteiger partial charge in [-0.1, -0.05) is 25.5 Å². The molecule has 1 aromatic rings. The number of hydrogen-bond acceptors (Lipinski definition) is 3. The summed E-state index contributed by atoms with van der Waals surface area (Å²) in [5.41, 5.74) is 1.11. The molecule has 1 saturated carbocycles. The van der Waals surface area contributed by atoms with Gasteiger partial charge in [0.2, 0.25) is 0 Å². The standard InChI is InChI=1S/C15H23NO2S/c1-3-10-16-15(12-6-4-7-12)13-8-5-9-14(11-13)19(2,17)18/h5,8-9,11-12,15-16H,3-4,6-7,10H2,1-2H3. The molecule has 1 aliphatic carbocycles. The van der Waals surface area contributed by atoms with Crippen molar-refractivity contribution >= 4 is 9.84 Å². The van der Waals surface area contributed by atoms with Crippen molar-refractivity contribution in [2.45, 2.75) is 43.5 Å². The second-order valence-corrected chi connectivity index (χ2v) is 7.48. The first-order valence-electron chi connectivity index (χ1n) is 7.05. The van der Waals surface area contributed by atoms with Crippen molar-refractivity contribution < 1.29 is 8.42 Å². The molecule has 3 nitrogen and oxygen atoms in total. The molecule has 1 fully saturated rings. The minimum absolute atomic E-state index is 0.301. The van der Waals surface area contributed by atoms with Gasteiger partial charge < -0.3 is 5.32 Å². The monoisotopic (exact) mass is 281 g/mol. The highest BCUT2D eigenvalue weighted by molar-refractivity contribution is 7.90. The van der Waals surface area contributed by atoms with E-state index in [9.17, 15) is 8.42 Å². The van der Waals surface area contributed by atoms with Crippen molar-refractivity contribution in [3.8, 4) is 0 Å². The van der Waals surface area contributed by atoms with E-state index in [0.29, 0.717) is 16.9 Å². The minimum atomic E-state index is -3.12. The number of sulfone groups is 1. The molecule has 1 N–H and O–H groups in total. The highest BCUT2D eigenvalue weighted by atomic mass is 32.2. The van der Waals surface area contributed by atoms with Crippen LogP contribution in [0.1, 0.15) is 44.2 Å². The van der Waals surface area contributed by atoms with Crippen LogP contribution in [0.5, 0.6) is 0 Å². The second kappa shape index (κ2) is 6.06. The Labute approximate surface area is 116 Å². The molecule has 0 aromatic heterocycles. The molecule has 1 aromatic carbocycles. The Morgan fingerprint density at radius 3 is 2.63 bits per heavy atom. The van der Waals surface area contributed by atoms with Crippen LogP contribution >= 0.6 is 0 Å². The zero-order chi connectivity index (χ0) is 13.9. The molecule has 0 saturated heterocycles. The number of nitrogens with one attached hydrogen (secondary N) is 1. The van der Waals surface area contributed by atoms with Crippen molar-refractivity contribution in [1.29, 1.82) is 0 Å². The van der Waals surface area contributed by atoms with E-state index in [0.717, 1.165) is 18.5 Å². The second-order valence-electron chi connectivity index (χ2n) is 5.47. The summed E-state index contributed by atoms with van der Waals surface area (Å²) in [4.78, 5) is 0.424. The fourth-order valence-electron chi connectivity index (χ4n) is 2.57. The van der Waals surface area contributed by atoms with Crippen molar-refractivity contribution in [3.05, 3.63) is 29.8 Å². The van der Waals surface area contributed by atoms with Gasteiger partial charge in [0.1, 0.15) is 0 Å². The molecule has 19 heavy (non-hydrogen) atoms. The average Bonchev–Trinajstić information content (AvgIpc) is 2.31. The van der Waals surface area contributed by atoms with Crippen LogP contribution in [-0.2, 0) is 9.84 Å². The van der Waals surface area contributed by atoms with Crippen molar-refractivity contribution in [3.63, 3.8) is 0 Å². The SMILES string of the molecule is CCCNC(c1cccc(S(C)(=O)=O)c1)C1CCC1. The summed E-state index contributed by atoms with van der Waals surface area (Å²) in [6.45, 7) is 3.13. The molecule has 0 heterocycles. The van der Waals surface area contributed by atoms with Crippen LogP contribution in [-0.4, -0.2) is 21.2 Å². The molecule has 0 aliphatic heterocycles. The van der Waals surface area contributed by atoms with E-state index in [4.69, 9.17) is 0 Å². The van der Waals surface area contributed by atoms with E-state index in [-0.39, 0.29) is 0 Å². The first-order valence-corrected chi connectivity index (χ1v) is 8.95. The third kappa shape index (κ3) is 3.57. The smallest absolute Gasteiger partial charge is 0.175 e. The van der Waals surface area contributed by atoms with Gasteiger partial charge in [-0.2, -0.15) is 0 Å². The van der Waals surface area contributed by atoms with Crippen molar-refractivity contribution in [1.82, 2.24) is 5.32 Å². The summed E-state index contributed by atoms with van der Waals surface area (Å²) in [5.74, 6) is 0.654. The summed E-state index contributed by atoms with van der Waals surface area (Å²) in [6.07, 6.45) is 6.13. The predicted octanol–water partition coefficient (Wildman–Crippen LogP) is 2.93. The fraction of sp³-hybridized carbons (Fsp3) is 0.600. The Kier molecular flexibility index (Phi) is 4.63. The molecule has 0 bridgehead atoms. The molecular formula is C15H23NO2S. The Bertz CT molecular complexity index is 521. The molecule has 1 unspecified atom stereocenters. The van der Waals surface area contributed by atoms with Crippen molar-refractivity contribution in [2.75, 3.05) is 12.8 Å². The van der Waals surface area contributed by atoms with Gasteiger partial charge in [-0.3, -0.25) is 0 Å². The van der Waals surface area contributed by atoms with E-state index in [1.807, 2.05) is 18.2 Å². The summed E-state index contributed by atoms with van der Waals surface area (Å²) in [6, 6.07) is 7.71. The molecular weight excluding hydrogens is 258 g/mol. The van der Waals surface area contributed by atoms with Gasteiger partial charge in [-0.15, -0.1) is 0 Å². The highest BCUT2D eigenvalue weighted by Gasteiger charge is 2.28. The lowest BCUT2D eigenvalue weighted by atomic mass is 9.77. The molecule has 0 radical (unpaired) electrons. The van der Waals surface area contributed by atoms with Crippen LogP contribution in [0, 0.1) is 5.92 Å². The molecule has 2 rings (SSSR count).